The zero-order valence-corrected chi connectivity index (χ0v) is 11.2. The summed E-state index contributed by atoms with van der Waals surface area (Å²) in [6.45, 7) is 3.84. The Balaban J connectivity index is 2.08. The van der Waals surface area contributed by atoms with E-state index in [-0.39, 0.29) is 24.0 Å². The van der Waals surface area contributed by atoms with Gasteiger partial charge in [0.05, 0.1) is 12.6 Å². The Bertz CT molecular complexity index is 332. The summed E-state index contributed by atoms with van der Waals surface area (Å²) in [5, 5.41) is 0. The van der Waals surface area contributed by atoms with E-state index >= 15 is 0 Å². The summed E-state index contributed by atoms with van der Waals surface area (Å²) in [4.78, 5) is 27.8. The monoisotopic (exact) mass is 254 g/mol. The number of likely N-dealkylation sites (tertiary alicyclic amines) is 2. The van der Waals surface area contributed by atoms with Gasteiger partial charge in [0.2, 0.25) is 5.91 Å². The topological polar surface area (TPSA) is 49.9 Å². The van der Waals surface area contributed by atoms with Gasteiger partial charge in [0.1, 0.15) is 6.04 Å². The van der Waals surface area contributed by atoms with Gasteiger partial charge in [-0.3, -0.25) is 14.5 Å². The molecule has 0 spiro atoms. The average Bonchev–Trinajstić information content (AvgIpc) is 2.70. The number of carbonyl (C=O) groups excluding carboxylic acids is 2. The SMILES string of the molecule is CCOC(=O)C1CCCCN1C1CCN(C)C1=O. The first-order chi connectivity index (χ1) is 8.65. The van der Waals surface area contributed by atoms with Gasteiger partial charge in [-0.25, -0.2) is 0 Å². The maximum atomic E-state index is 12.1. The lowest BCUT2D eigenvalue weighted by atomic mass is 9.99. The van der Waals surface area contributed by atoms with E-state index in [4.69, 9.17) is 4.74 Å². The molecule has 0 N–H and O–H groups in total. The van der Waals surface area contributed by atoms with Gasteiger partial charge in [0.25, 0.3) is 0 Å². The van der Waals surface area contributed by atoms with Gasteiger partial charge >= 0.3 is 5.97 Å². The molecule has 0 radical (unpaired) electrons. The fraction of sp³-hybridized carbons (Fsp3) is 0.846. The molecule has 0 aliphatic carbocycles. The fourth-order valence-electron chi connectivity index (χ4n) is 2.93. The quantitative estimate of drug-likeness (QED) is 0.693. The molecule has 102 valence electrons. The molecule has 0 saturated carbocycles. The average molecular weight is 254 g/mol. The van der Waals surface area contributed by atoms with Crippen LogP contribution in [0, 0.1) is 0 Å². The van der Waals surface area contributed by atoms with Crippen LogP contribution in [0.2, 0.25) is 0 Å². The van der Waals surface area contributed by atoms with Crippen LogP contribution in [0.5, 0.6) is 0 Å². The Hall–Kier alpha value is -1.10. The van der Waals surface area contributed by atoms with Gasteiger partial charge < -0.3 is 9.64 Å². The van der Waals surface area contributed by atoms with Crippen molar-refractivity contribution in [3.05, 3.63) is 0 Å². The van der Waals surface area contributed by atoms with Crippen LogP contribution in [0.3, 0.4) is 0 Å². The molecule has 1 amide bonds. The molecule has 0 bridgehead atoms. The smallest absolute Gasteiger partial charge is 0.323 e. The van der Waals surface area contributed by atoms with E-state index in [1.165, 1.54) is 0 Å². The van der Waals surface area contributed by atoms with Crippen molar-refractivity contribution >= 4 is 11.9 Å². The van der Waals surface area contributed by atoms with Gasteiger partial charge in [-0.2, -0.15) is 0 Å². The molecule has 0 aromatic rings. The maximum absolute atomic E-state index is 12.1. The van der Waals surface area contributed by atoms with Crippen molar-refractivity contribution < 1.29 is 14.3 Å². The molecule has 2 atom stereocenters. The molecule has 2 fully saturated rings. The normalized spacial score (nSPS) is 29.7. The molecule has 2 saturated heterocycles. The summed E-state index contributed by atoms with van der Waals surface area (Å²) < 4.78 is 5.13. The molecule has 2 unspecified atom stereocenters. The standard InChI is InChI=1S/C13H22N2O3/c1-3-18-13(17)11-6-4-5-8-15(11)10-7-9-14(2)12(10)16/h10-11H,3-9H2,1-2H3. The molecule has 18 heavy (non-hydrogen) atoms. The highest BCUT2D eigenvalue weighted by molar-refractivity contribution is 5.85. The molecule has 5 nitrogen and oxygen atoms in total. The van der Waals surface area contributed by atoms with Gasteiger partial charge in [0.15, 0.2) is 0 Å². The van der Waals surface area contributed by atoms with Crippen molar-refractivity contribution in [3.8, 4) is 0 Å². The van der Waals surface area contributed by atoms with Crippen molar-refractivity contribution in [1.82, 2.24) is 9.80 Å². The molecule has 0 aromatic carbocycles. The van der Waals surface area contributed by atoms with E-state index < -0.39 is 0 Å². The van der Waals surface area contributed by atoms with Crippen LogP contribution in [0.15, 0.2) is 0 Å². The molecular formula is C13H22N2O3. The summed E-state index contributed by atoms with van der Waals surface area (Å²) in [6.07, 6.45) is 3.73. The van der Waals surface area contributed by atoms with E-state index in [0.29, 0.717) is 6.61 Å². The second kappa shape index (κ2) is 5.69. The predicted octanol–water partition coefficient (Wildman–Crippen LogP) is 0.635. The van der Waals surface area contributed by atoms with Gasteiger partial charge in [0, 0.05) is 13.6 Å². The Morgan fingerprint density at radius 2 is 2.11 bits per heavy atom. The second-order valence-corrected chi connectivity index (χ2v) is 5.07. The lowest BCUT2D eigenvalue weighted by Crippen LogP contribution is -2.53. The number of esters is 1. The van der Waals surface area contributed by atoms with E-state index in [1.807, 2.05) is 14.0 Å². The number of hydrogen-bond donors (Lipinski definition) is 0. The van der Waals surface area contributed by atoms with E-state index in [0.717, 1.165) is 38.8 Å². The molecule has 2 rings (SSSR count). The van der Waals surface area contributed by atoms with Crippen LogP contribution in [-0.2, 0) is 14.3 Å². The Kier molecular flexibility index (Phi) is 4.22. The van der Waals surface area contributed by atoms with Gasteiger partial charge in [-0.1, -0.05) is 6.42 Å². The lowest BCUT2D eigenvalue weighted by Gasteiger charge is -2.37. The van der Waals surface area contributed by atoms with Crippen molar-refractivity contribution in [2.24, 2.45) is 0 Å². The van der Waals surface area contributed by atoms with E-state index in [9.17, 15) is 9.59 Å². The summed E-state index contributed by atoms with van der Waals surface area (Å²) in [5.41, 5.74) is 0. The van der Waals surface area contributed by atoms with Crippen molar-refractivity contribution in [2.75, 3.05) is 26.7 Å². The van der Waals surface area contributed by atoms with E-state index in [1.54, 1.807) is 4.90 Å². The molecular weight excluding hydrogens is 232 g/mol. The minimum atomic E-state index is -0.223. The number of carbonyl (C=O) groups is 2. The summed E-state index contributed by atoms with van der Waals surface area (Å²) >= 11 is 0. The zero-order chi connectivity index (χ0) is 13.1. The third-order valence-electron chi connectivity index (χ3n) is 3.90. The highest BCUT2D eigenvalue weighted by atomic mass is 16.5. The molecule has 2 aliphatic heterocycles. The highest BCUT2D eigenvalue weighted by Gasteiger charge is 2.41. The van der Waals surface area contributed by atoms with E-state index in [2.05, 4.69) is 4.90 Å². The third kappa shape index (κ3) is 2.51. The van der Waals surface area contributed by atoms with Crippen molar-refractivity contribution in [1.29, 1.82) is 0 Å². The van der Waals surface area contributed by atoms with Crippen LogP contribution < -0.4 is 0 Å². The largest absolute Gasteiger partial charge is 0.465 e. The highest BCUT2D eigenvalue weighted by Crippen LogP contribution is 2.25. The van der Waals surface area contributed by atoms with Crippen LogP contribution >= 0.6 is 0 Å². The van der Waals surface area contributed by atoms with Crippen LogP contribution in [-0.4, -0.2) is 60.5 Å². The van der Waals surface area contributed by atoms with Gasteiger partial charge in [-0.05, 0) is 32.7 Å². The molecule has 0 aromatic heterocycles. The number of likely N-dealkylation sites (N-methyl/N-ethyl adjacent to an activating group) is 1. The van der Waals surface area contributed by atoms with Crippen molar-refractivity contribution in [3.63, 3.8) is 0 Å². The third-order valence-corrected chi connectivity index (χ3v) is 3.90. The zero-order valence-electron chi connectivity index (χ0n) is 11.2. The summed E-state index contributed by atoms with van der Waals surface area (Å²) in [7, 11) is 1.83. The van der Waals surface area contributed by atoms with Crippen LogP contribution in [0.4, 0.5) is 0 Å². The molecule has 5 heteroatoms. The predicted molar refractivity (Wildman–Crippen MR) is 67.0 cm³/mol. The minimum Gasteiger partial charge on any atom is -0.465 e. The lowest BCUT2D eigenvalue weighted by molar-refractivity contribution is -0.153. The molecule has 2 heterocycles. The minimum absolute atomic E-state index is 0.121. The molecule has 2 aliphatic rings. The summed E-state index contributed by atoms with van der Waals surface area (Å²) in [5.74, 6) is -0.0225. The Labute approximate surface area is 108 Å². The first-order valence-electron chi connectivity index (χ1n) is 6.82. The number of amides is 1. The second-order valence-electron chi connectivity index (χ2n) is 5.07. The van der Waals surface area contributed by atoms with Crippen LogP contribution in [0.1, 0.15) is 32.6 Å². The summed E-state index contributed by atoms with van der Waals surface area (Å²) in [6, 6.07) is -0.344. The number of ether oxygens (including phenoxy) is 1. The number of rotatable bonds is 3. The number of hydrogen-bond acceptors (Lipinski definition) is 4. The van der Waals surface area contributed by atoms with Crippen molar-refractivity contribution in [2.45, 2.75) is 44.7 Å². The maximum Gasteiger partial charge on any atom is 0.323 e. The van der Waals surface area contributed by atoms with Crippen LogP contribution in [0.25, 0.3) is 0 Å². The number of nitrogens with zero attached hydrogens (tertiary/aromatic N) is 2. The van der Waals surface area contributed by atoms with Gasteiger partial charge in [-0.15, -0.1) is 0 Å². The Morgan fingerprint density at radius 3 is 2.72 bits per heavy atom. The first-order valence-corrected chi connectivity index (χ1v) is 6.82. The Morgan fingerprint density at radius 1 is 1.33 bits per heavy atom. The number of piperidine rings is 1. The first kappa shape index (κ1) is 13.3. The fourth-order valence-corrected chi connectivity index (χ4v) is 2.93.